The second-order valence-corrected chi connectivity index (χ2v) is 26.5. The maximum atomic E-state index is 14.7. The van der Waals surface area contributed by atoms with Crippen LogP contribution in [0.1, 0.15) is 137 Å². The lowest BCUT2D eigenvalue weighted by Gasteiger charge is -2.49. The largest absolute Gasteiger partial charge is 0.477 e. The molecule has 470 valence electrons. The van der Waals surface area contributed by atoms with Crippen LogP contribution in [0.4, 0.5) is 0 Å². The molecule has 4 aliphatic heterocycles. The number of aryl methyl sites for hydroxylation is 1. The minimum atomic E-state index is -3.98. The summed E-state index contributed by atoms with van der Waals surface area (Å²) in [7, 11) is 2.54. The molecule has 83 heavy (non-hydrogen) atoms. The number of sulfone groups is 1. The molecule has 1 aromatic heterocycles. The van der Waals surface area contributed by atoms with Gasteiger partial charge in [0.2, 0.25) is 12.2 Å². The molecule has 3 saturated heterocycles. The van der Waals surface area contributed by atoms with Gasteiger partial charge < -0.3 is 83.0 Å². The molecule has 0 bridgehead atoms. The first-order valence-electron chi connectivity index (χ1n) is 28.9. The Morgan fingerprint density at radius 2 is 1.63 bits per heavy atom. The van der Waals surface area contributed by atoms with Gasteiger partial charge in [0.05, 0.1) is 70.3 Å². The summed E-state index contributed by atoms with van der Waals surface area (Å²) >= 11 is 0. The number of cyclic esters (lactones) is 1. The fourth-order valence-electron chi connectivity index (χ4n) is 12.7. The van der Waals surface area contributed by atoms with Gasteiger partial charge in [-0.25, -0.2) is 13.2 Å². The third-order valence-corrected chi connectivity index (χ3v) is 19.2. The van der Waals surface area contributed by atoms with Gasteiger partial charge in [0, 0.05) is 75.2 Å². The Morgan fingerprint density at radius 1 is 0.940 bits per heavy atom. The molecule has 25 heteroatoms. The van der Waals surface area contributed by atoms with E-state index in [0.29, 0.717) is 30.3 Å². The number of ether oxygens (including phenoxy) is 8. The van der Waals surface area contributed by atoms with Crippen LogP contribution in [0.15, 0.2) is 33.2 Å². The summed E-state index contributed by atoms with van der Waals surface area (Å²) in [5.41, 5.74) is -4.95. The number of aliphatic hydroxyl groups excluding tert-OH is 2. The molecule has 0 spiro atoms. The number of esters is 2. The number of hydrogen-bond donors (Lipinski definition) is 6. The molecule has 1 unspecified atom stereocenters. The Bertz CT molecular complexity index is 2790. The van der Waals surface area contributed by atoms with Crippen LogP contribution >= 0.6 is 0 Å². The molecule has 0 saturated carbocycles. The van der Waals surface area contributed by atoms with Gasteiger partial charge >= 0.3 is 17.9 Å². The first-order valence-corrected chi connectivity index (χ1v) is 30.5. The van der Waals surface area contributed by atoms with Gasteiger partial charge in [-0.1, -0.05) is 32.9 Å². The number of carboxylic acids is 1. The average Bonchev–Trinajstić information content (AvgIpc) is 3.60. The van der Waals surface area contributed by atoms with E-state index in [9.17, 15) is 53.1 Å². The quantitative estimate of drug-likeness (QED) is 0.0505. The van der Waals surface area contributed by atoms with Crippen molar-refractivity contribution in [2.75, 3.05) is 54.0 Å². The Morgan fingerprint density at radius 3 is 2.25 bits per heavy atom. The lowest BCUT2D eigenvalue weighted by molar-refractivity contribution is -0.318. The summed E-state index contributed by atoms with van der Waals surface area (Å²) in [4.78, 5) is 60.8. The fourth-order valence-corrected chi connectivity index (χ4v) is 14.0. The summed E-state index contributed by atoms with van der Waals surface area (Å²) < 4.78 is 78.9. The second-order valence-electron chi connectivity index (χ2n) is 24.4. The van der Waals surface area contributed by atoms with Gasteiger partial charge in [-0.3, -0.25) is 14.4 Å². The van der Waals surface area contributed by atoms with Crippen molar-refractivity contribution in [2.24, 2.45) is 28.8 Å². The maximum absolute atomic E-state index is 14.7. The molecule has 3 fully saturated rings. The van der Waals surface area contributed by atoms with E-state index in [4.69, 9.17) is 42.7 Å². The number of carbonyl (C=O) groups excluding carboxylic acids is 2. The number of carboxylic acid groups (broad SMARTS) is 1. The zero-order valence-electron chi connectivity index (χ0n) is 50.9. The highest BCUT2D eigenvalue weighted by Gasteiger charge is 2.54. The van der Waals surface area contributed by atoms with Crippen LogP contribution in [-0.2, 0) is 68.6 Å². The minimum Gasteiger partial charge on any atom is -0.477 e. The van der Waals surface area contributed by atoms with Crippen LogP contribution < -0.4 is 10.7 Å². The Kier molecular flexibility index (Phi) is 22.6. The molecular weight excluding hydrogens is 1100 g/mol. The highest BCUT2D eigenvalue weighted by molar-refractivity contribution is 7.91. The number of aromatic carboxylic acids is 1. The first-order chi connectivity index (χ1) is 38.7. The zero-order valence-corrected chi connectivity index (χ0v) is 51.7. The third kappa shape index (κ3) is 15.1. The number of methoxy groups -OCH3 is 2. The van der Waals surface area contributed by atoms with Crippen LogP contribution in [0.5, 0.6) is 0 Å². The number of nitrogens with one attached hydrogen (secondary N) is 1. The van der Waals surface area contributed by atoms with Crippen LogP contribution in [0.25, 0.3) is 10.9 Å². The summed E-state index contributed by atoms with van der Waals surface area (Å²) in [5, 5.41) is 65.9. The number of benzene rings is 1. The lowest BCUT2D eigenvalue weighted by Crippen LogP contribution is -2.61. The molecule has 19 atom stereocenters. The van der Waals surface area contributed by atoms with E-state index in [-0.39, 0.29) is 79.5 Å². The first kappa shape index (κ1) is 67.9. The minimum absolute atomic E-state index is 0.0254. The number of aliphatic hydroxyl groups is 4. The number of rotatable bonds is 19. The number of likely N-dealkylation sites (N-methyl/N-ethyl adjacent to an activating group) is 1. The van der Waals surface area contributed by atoms with Crippen molar-refractivity contribution in [3.63, 3.8) is 0 Å². The molecule has 0 amide bonds. The van der Waals surface area contributed by atoms with E-state index < -0.39 is 141 Å². The maximum Gasteiger partial charge on any atom is 0.341 e. The van der Waals surface area contributed by atoms with Crippen molar-refractivity contribution >= 4 is 44.4 Å². The third-order valence-electron chi connectivity index (χ3n) is 17.5. The lowest BCUT2D eigenvalue weighted by atomic mass is 9.73. The van der Waals surface area contributed by atoms with Crippen LogP contribution in [0, 0.1) is 23.7 Å². The smallest absolute Gasteiger partial charge is 0.341 e. The average molecular weight is 1200 g/mol. The SMILES string of the molecule is CC[C@H]1OC(=O)[C@H](C)[C@@H](O[C@H]2C[C@@](C)(OC)[C@@H](OC(=O)CCNCCS(=O)(=O)c3cc4c5c(c3)c(=O)c(C(=O)O)cn5C(C)CC4)[C@H](C)O2)[C@H](C)[C@@H](O[C@H]2O[C@@H](C)C[C@@H](N(C)C)[C@@H]2O)[C@](C)(O)C[C@@H](C)/C(=N\OCOC)[C@H](C)[C@@H](O)[C@]1(C)O. The number of pyridine rings is 1. The van der Waals surface area contributed by atoms with Gasteiger partial charge in [-0.05, 0) is 112 Å². The summed E-state index contributed by atoms with van der Waals surface area (Å²) in [6.07, 6.45) is -8.54. The number of carbonyl (C=O) groups is 3. The standard InChI is InChI=1S/C58H92N4O20S/c1-16-42-58(11,71)50(66)33(5)45(60-76-29-74-14)30(2)26-56(9,70)51(82-55-48(65)41(61(12)13)23-32(4)77-55)34(6)49(35(7)54(69)79-42)81-44-27-57(10,75-15)52(36(8)78-44)80-43(63)19-20-59-21-22-83(72,73)38-24-37-18-17-31(3)62-28-40(53(67)68)47(64)39(25-38)46(37)62/h24-25,28,30-36,41-42,44,48-52,55,59,65-66,70-71H,16-23,26-27,29H2,1-15H3,(H,67,68)/b60-45+/t30-,31?,32+,33+,34+,35-,36+,41-,42-,44+,48+,49+,50-,51-,52+,55-,56-,57-,58-/m1/s1. The molecule has 0 aliphatic carbocycles. The van der Waals surface area contributed by atoms with Gasteiger partial charge in [-0.2, -0.15) is 0 Å². The van der Waals surface area contributed by atoms with Gasteiger partial charge in [0.15, 0.2) is 28.5 Å². The van der Waals surface area contributed by atoms with E-state index in [1.165, 1.54) is 39.5 Å². The number of aromatic nitrogens is 1. The summed E-state index contributed by atoms with van der Waals surface area (Å²) in [6.45, 7) is 18.2. The van der Waals surface area contributed by atoms with E-state index in [1.807, 2.05) is 32.8 Å². The Labute approximate surface area is 487 Å². The van der Waals surface area contributed by atoms with E-state index in [0.717, 1.165) is 0 Å². The van der Waals surface area contributed by atoms with Crippen LogP contribution in [-0.4, -0.2) is 205 Å². The molecule has 2 aromatic rings. The fraction of sp³-hybridized carbons (Fsp3) is 0.776. The van der Waals surface area contributed by atoms with Crippen molar-refractivity contribution in [1.29, 1.82) is 0 Å². The molecule has 0 radical (unpaired) electrons. The van der Waals surface area contributed by atoms with Gasteiger partial charge in [-0.15, -0.1) is 0 Å². The monoisotopic (exact) mass is 1200 g/mol. The molecule has 24 nitrogen and oxygen atoms in total. The summed E-state index contributed by atoms with van der Waals surface area (Å²) in [6, 6.07) is 2.29. The van der Waals surface area contributed by atoms with Crippen molar-refractivity contribution in [1.82, 2.24) is 14.8 Å². The highest BCUT2D eigenvalue weighted by atomic mass is 32.2. The van der Waals surface area contributed by atoms with E-state index in [2.05, 4.69) is 10.5 Å². The molecule has 4 aliphatic rings. The number of hydrogen-bond acceptors (Lipinski definition) is 22. The predicted octanol–water partition coefficient (Wildman–Crippen LogP) is 3.72. The Hall–Kier alpha value is -4.22. The van der Waals surface area contributed by atoms with Crippen molar-refractivity contribution in [3.8, 4) is 0 Å². The normalized spacial score (nSPS) is 37.3. The topological polar surface area (TPSA) is 319 Å². The zero-order chi connectivity index (χ0) is 61.8. The van der Waals surface area contributed by atoms with Gasteiger partial charge in [0.1, 0.15) is 29.0 Å². The van der Waals surface area contributed by atoms with Crippen molar-refractivity contribution in [3.05, 3.63) is 39.7 Å². The molecule has 1 aromatic carbocycles. The van der Waals surface area contributed by atoms with Crippen LogP contribution in [0.3, 0.4) is 0 Å². The molecule has 6 rings (SSSR count). The number of oxime groups is 1. The Balaban J connectivity index is 1.22. The highest BCUT2D eigenvalue weighted by Crippen LogP contribution is 2.42. The molecule has 6 N–H and O–H groups in total. The predicted molar refractivity (Wildman–Crippen MR) is 303 cm³/mol. The second kappa shape index (κ2) is 27.6. The van der Waals surface area contributed by atoms with Crippen LogP contribution in [0.2, 0.25) is 0 Å². The molecular formula is C58H92N4O20S. The molecule has 5 heterocycles. The van der Waals surface area contributed by atoms with Gasteiger partial charge in [0.25, 0.3) is 0 Å². The van der Waals surface area contributed by atoms with E-state index >= 15 is 0 Å². The van der Waals surface area contributed by atoms with Crippen molar-refractivity contribution < 1.29 is 91.1 Å². The summed E-state index contributed by atoms with van der Waals surface area (Å²) in [5.74, 6) is -6.99. The van der Waals surface area contributed by atoms with Crippen molar-refractivity contribution in [2.45, 2.75) is 216 Å². The van der Waals surface area contributed by atoms with E-state index in [1.54, 1.807) is 60.0 Å². The number of nitrogens with zero attached hydrogens (tertiary/aromatic N) is 3.